The smallest absolute Gasteiger partial charge is 0.246 e. The minimum absolute atomic E-state index is 0.0853. The Morgan fingerprint density at radius 1 is 1.22 bits per heavy atom. The summed E-state index contributed by atoms with van der Waals surface area (Å²) in [6.07, 6.45) is 1.08. The fourth-order valence-corrected chi connectivity index (χ4v) is 5.64. The van der Waals surface area contributed by atoms with Crippen LogP contribution in [0.4, 0.5) is 5.82 Å². The number of aromatic nitrogens is 3. The van der Waals surface area contributed by atoms with Gasteiger partial charge in [-0.15, -0.1) is 0 Å². The van der Waals surface area contributed by atoms with Crippen LogP contribution in [-0.2, 0) is 14.8 Å². The number of amides is 1. The molecule has 1 unspecified atom stereocenters. The van der Waals surface area contributed by atoms with Gasteiger partial charge in [0.15, 0.2) is 0 Å². The Balaban J connectivity index is 1.64. The molecule has 0 saturated carbocycles. The Kier molecular flexibility index (Phi) is 4.62. The maximum Gasteiger partial charge on any atom is 0.246 e. The summed E-state index contributed by atoms with van der Waals surface area (Å²) >= 11 is 0.965. The number of anilines is 1. The molecule has 2 aromatic heterocycles. The van der Waals surface area contributed by atoms with E-state index >= 15 is 0 Å². The van der Waals surface area contributed by atoms with Gasteiger partial charge in [-0.05, 0) is 44.0 Å². The molecule has 140 valence electrons. The van der Waals surface area contributed by atoms with E-state index in [4.69, 9.17) is 0 Å². The number of nitrogens with zero attached hydrogens (tertiary/aromatic N) is 4. The highest BCUT2D eigenvalue weighted by molar-refractivity contribution is 7.89. The third-order valence-electron chi connectivity index (χ3n) is 4.48. The standard InChI is InChI=1S/C17H17N5O3S2/c1-11-5-2-9-15(18-11)19-17(23)13-7-4-10-22(13)27(24,25)14-8-3-6-12-16(14)21-26-20-12/h2-3,5-6,8-9,13H,4,7,10H2,1H3,(H,18,19,23). The van der Waals surface area contributed by atoms with Gasteiger partial charge in [0.1, 0.15) is 27.8 Å². The van der Waals surface area contributed by atoms with E-state index in [0.29, 0.717) is 29.7 Å². The maximum atomic E-state index is 13.2. The molecule has 1 aliphatic rings. The molecule has 1 saturated heterocycles. The van der Waals surface area contributed by atoms with Crippen LogP contribution in [0.15, 0.2) is 41.3 Å². The second kappa shape index (κ2) is 6.95. The Hall–Kier alpha value is -2.43. The zero-order valence-electron chi connectivity index (χ0n) is 14.5. The highest BCUT2D eigenvalue weighted by Gasteiger charge is 2.40. The first kappa shape index (κ1) is 18.0. The summed E-state index contributed by atoms with van der Waals surface area (Å²) in [6.45, 7) is 2.11. The summed E-state index contributed by atoms with van der Waals surface area (Å²) in [4.78, 5) is 17.1. The van der Waals surface area contributed by atoms with Crippen LogP contribution in [0.25, 0.3) is 11.0 Å². The van der Waals surface area contributed by atoms with Crippen LogP contribution in [0.2, 0.25) is 0 Å². The van der Waals surface area contributed by atoms with Crippen molar-refractivity contribution in [2.75, 3.05) is 11.9 Å². The Morgan fingerprint density at radius 3 is 2.85 bits per heavy atom. The van der Waals surface area contributed by atoms with Gasteiger partial charge in [-0.2, -0.15) is 13.1 Å². The van der Waals surface area contributed by atoms with Crippen molar-refractivity contribution in [1.82, 2.24) is 18.0 Å². The maximum absolute atomic E-state index is 13.2. The van der Waals surface area contributed by atoms with Crippen molar-refractivity contribution in [3.05, 3.63) is 42.1 Å². The SMILES string of the molecule is Cc1cccc(NC(=O)C2CCCN2S(=O)(=O)c2cccc3nsnc23)n1. The number of rotatable bonds is 4. The molecule has 3 aromatic rings. The van der Waals surface area contributed by atoms with Crippen molar-refractivity contribution >= 4 is 44.5 Å². The van der Waals surface area contributed by atoms with E-state index < -0.39 is 16.1 Å². The van der Waals surface area contributed by atoms with Crippen LogP contribution in [0.1, 0.15) is 18.5 Å². The van der Waals surface area contributed by atoms with E-state index in [-0.39, 0.29) is 17.3 Å². The number of pyridine rings is 1. The molecule has 1 aliphatic heterocycles. The summed E-state index contributed by atoms with van der Waals surface area (Å²) < 4.78 is 35.9. The van der Waals surface area contributed by atoms with E-state index in [1.165, 1.54) is 10.4 Å². The molecule has 1 fully saturated rings. The van der Waals surface area contributed by atoms with E-state index in [9.17, 15) is 13.2 Å². The molecule has 3 heterocycles. The number of aryl methyl sites for hydroxylation is 1. The van der Waals surface area contributed by atoms with Gasteiger partial charge in [0.25, 0.3) is 0 Å². The van der Waals surface area contributed by atoms with Crippen LogP contribution in [-0.4, -0.2) is 44.9 Å². The molecule has 0 bridgehead atoms. The molecule has 1 amide bonds. The van der Waals surface area contributed by atoms with E-state index in [2.05, 4.69) is 19.0 Å². The average molecular weight is 403 g/mol. The van der Waals surface area contributed by atoms with Gasteiger partial charge in [0.2, 0.25) is 15.9 Å². The normalized spacial score (nSPS) is 18.0. The van der Waals surface area contributed by atoms with Crippen LogP contribution in [0.5, 0.6) is 0 Å². The zero-order chi connectivity index (χ0) is 19.0. The van der Waals surface area contributed by atoms with Gasteiger partial charge in [0.05, 0.1) is 11.7 Å². The lowest BCUT2D eigenvalue weighted by atomic mass is 10.2. The van der Waals surface area contributed by atoms with Crippen LogP contribution in [0, 0.1) is 6.92 Å². The fourth-order valence-electron chi connectivity index (χ4n) is 3.23. The second-order valence-electron chi connectivity index (χ2n) is 6.32. The number of benzene rings is 1. The summed E-state index contributed by atoms with van der Waals surface area (Å²) in [6, 6.07) is 9.38. The molecule has 0 radical (unpaired) electrons. The molecule has 0 spiro atoms. The number of nitrogens with one attached hydrogen (secondary N) is 1. The van der Waals surface area contributed by atoms with Gasteiger partial charge >= 0.3 is 0 Å². The van der Waals surface area contributed by atoms with Gasteiger partial charge in [0, 0.05) is 12.2 Å². The first-order chi connectivity index (χ1) is 13.0. The Morgan fingerprint density at radius 2 is 2.04 bits per heavy atom. The summed E-state index contributed by atoms with van der Waals surface area (Å²) in [5.74, 6) is 0.0350. The highest BCUT2D eigenvalue weighted by Crippen LogP contribution is 2.30. The van der Waals surface area contributed by atoms with Crippen molar-refractivity contribution in [3.63, 3.8) is 0 Å². The fraction of sp³-hybridized carbons (Fsp3) is 0.294. The molecule has 27 heavy (non-hydrogen) atoms. The molecule has 0 aliphatic carbocycles. The lowest BCUT2D eigenvalue weighted by Crippen LogP contribution is -2.43. The predicted octanol–water partition coefficient (Wildman–Crippen LogP) is 2.19. The molecule has 8 nitrogen and oxygen atoms in total. The molecule has 1 N–H and O–H groups in total. The number of carbonyl (C=O) groups excluding carboxylic acids is 1. The largest absolute Gasteiger partial charge is 0.309 e. The number of hydrogen-bond acceptors (Lipinski definition) is 7. The van der Waals surface area contributed by atoms with Crippen molar-refractivity contribution in [2.24, 2.45) is 0 Å². The number of carbonyl (C=O) groups is 1. The number of fused-ring (bicyclic) bond motifs is 1. The van der Waals surface area contributed by atoms with Gasteiger partial charge in [-0.25, -0.2) is 13.4 Å². The van der Waals surface area contributed by atoms with Crippen molar-refractivity contribution in [2.45, 2.75) is 30.7 Å². The zero-order valence-corrected chi connectivity index (χ0v) is 16.1. The lowest BCUT2D eigenvalue weighted by molar-refractivity contribution is -0.119. The third kappa shape index (κ3) is 3.31. The Labute approximate surface area is 160 Å². The summed E-state index contributed by atoms with van der Waals surface area (Å²) in [5, 5.41) is 2.73. The number of hydrogen-bond donors (Lipinski definition) is 1. The van der Waals surface area contributed by atoms with E-state index in [1.54, 1.807) is 24.3 Å². The van der Waals surface area contributed by atoms with Gasteiger partial charge in [-0.1, -0.05) is 12.1 Å². The number of sulfonamides is 1. The van der Waals surface area contributed by atoms with Gasteiger partial charge in [-0.3, -0.25) is 4.79 Å². The van der Waals surface area contributed by atoms with Gasteiger partial charge < -0.3 is 5.32 Å². The van der Waals surface area contributed by atoms with Crippen LogP contribution < -0.4 is 5.32 Å². The van der Waals surface area contributed by atoms with Crippen LogP contribution >= 0.6 is 11.7 Å². The second-order valence-corrected chi connectivity index (χ2v) is 8.70. The first-order valence-corrected chi connectivity index (χ1v) is 10.6. The quantitative estimate of drug-likeness (QED) is 0.716. The molecular weight excluding hydrogens is 386 g/mol. The minimum Gasteiger partial charge on any atom is -0.309 e. The summed E-state index contributed by atoms with van der Waals surface area (Å²) in [7, 11) is -3.87. The molecular formula is C17H17N5O3S2. The molecule has 1 aromatic carbocycles. The van der Waals surface area contributed by atoms with Crippen molar-refractivity contribution in [3.8, 4) is 0 Å². The first-order valence-electron chi connectivity index (χ1n) is 8.44. The van der Waals surface area contributed by atoms with E-state index in [0.717, 1.165) is 17.4 Å². The van der Waals surface area contributed by atoms with Crippen LogP contribution in [0.3, 0.4) is 0 Å². The monoisotopic (exact) mass is 403 g/mol. The Bertz CT molecular complexity index is 1110. The average Bonchev–Trinajstić information content (AvgIpc) is 3.31. The molecule has 1 atom stereocenters. The predicted molar refractivity (Wildman–Crippen MR) is 102 cm³/mol. The van der Waals surface area contributed by atoms with Crippen molar-refractivity contribution in [1.29, 1.82) is 0 Å². The lowest BCUT2D eigenvalue weighted by Gasteiger charge is -2.23. The van der Waals surface area contributed by atoms with Crippen molar-refractivity contribution < 1.29 is 13.2 Å². The topological polar surface area (TPSA) is 105 Å². The van der Waals surface area contributed by atoms with E-state index in [1.807, 2.05) is 13.0 Å². The summed E-state index contributed by atoms with van der Waals surface area (Å²) in [5.41, 5.74) is 1.64. The molecule has 4 rings (SSSR count). The molecule has 10 heteroatoms. The highest BCUT2D eigenvalue weighted by atomic mass is 32.2. The minimum atomic E-state index is -3.87. The third-order valence-corrected chi connectivity index (χ3v) is 6.96.